The predicted octanol–water partition coefficient (Wildman–Crippen LogP) is 4.59. The van der Waals surface area contributed by atoms with Gasteiger partial charge < -0.3 is 20.9 Å². The van der Waals surface area contributed by atoms with Gasteiger partial charge in [0.15, 0.2) is 0 Å². The van der Waals surface area contributed by atoms with Gasteiger partial charge in [-0.1, -0.05) is 51.2 Å². The number of anilines is 2. The van der Waals surface area contributed by atoms with E-state index in [1.165, 1.54) is 37.5 Å². The smallest absolute Gasteiger partial charge is 0.345 e. The first-order valence-electron chi connectivity index (χ1n) is 9.66. The summed E-state index contributed by atoms with van der Waals surface area (Å²) in [6.45, 7) is 2.55. The molecular formula is C22H28N2O4. The molecule has 150 valence electrons. The maximum Gasteiger partial charge on any atom is 0.345 e. The fourth-order valence-corrected chi connectivity index (χ4v) is 2.76. The molecule has 0 aliphatic carbocycles. The van der Waals surface area contributed by atoms with E-state index in [-0.39, 0.29) is 22.6 Å². The van der Waals surface area contributed by atoms with Crippen molar-refractivity contribution in [3.8, 4) is 5.75 Å². The number of para-hydroxylation sites is 1. The van der Waals surface area contributed by atoms with Crippen molar-refractivity contribution in [2.75, 3.05) is 18.1 Å². The third-order valence-corrected chi connectivity index (χ3v) is 4.37. The number of nitrogens with two attached hydrogens (primary N) is 2. The summed E-state index contributed by atoms with van der Waals surface area (Å²) in [5.74, 6) is -0.828. The molecule has 28 heavy (non-hydrogen) atoms. The van der Waals surface area contributed by atoms with Crippen molar-refractivity contribution in [3.05, 3.63) is 53.6 Å². The number of nitrogen functional groups attached to an aromatic ring is 2. The van der Waals surface area contributed by atoms with Crippen LogP contribution in [0.25, 0.3) is 0 Å². The zero-order valence-corrected chi connectivity index (χ0v) is 16.3. The maximum absolute atomic E-state index is 12.2. The van der Waals surface area contributed by atoms with E-state index in [2.05, 4.69) is 6.92 Å². The Morgan fingerprint density at radius 3 is 2.21 bits per heavy atom. The van der Waals surface area contributed by atoms with Gasteiger partial charge in [0.1, 0.15) is 5.75 Å². The lowest BCUT2D eigenvalue weighted by atomic mass is 10.1. The van der Waals surface area contributed by atoms with Gasteiger partial charge in [0.25, 0.3) is 0 Å². The molecular weight excluding hydrogens is 356 g/mol. The third-order valence-electron chi connectivity index (χ3n) is 4.37. The summed E-state index contributed by atoms with van der Waals surface area (Å²) in [4.78, 5) is 24.4. The van der Waals surface area contributed by atoms with Gasteiger partial charge in [0.2, 0.25) is 0 Å². The van der Waals surface area contributed by atoms with Crippen molar-refractivity contribution in [2.45, 2.75) is 45.4 Å². The van der Waals surface area contributed by atoms with Gasteiger partial charge in [0, 0.05) is 17.4 Å². The summed E-state index contributed by atoms with van der Waals surface area (Å²) in [5, 5.41) is 0. The first-order chi connectivity index (χ1) is 13.5. The van der Waals surface area contributed by atoms with Crippen LogP contribution >= 0.6 is 0 Å². The molecule has 4 N–H and O–H groups in total. The maximum atomic E-state index is 12.2. The van der Waals surface area contributed by atoms with Crippen molar-refractivity contribution in [3.63, 3.8) is 0 Å². The molecule has 6 heteroatoms. The Hall–Kier alpha value is -3.02. The monoisotopic (exact) mass is 384 g/mol. The number of carbonyl (C=O) groups excluding carboxylic acids is 2. The quantitative estimate of drug-likeness (QED) is 0.269. The Balaban J connectivity index is 1.86. The van der Waals surface area contributed by atoms with Crippen LogP contribution in [0.1, 0.15) is 66.2 Å². The van der Waals surface area contributed by atoms with Gasteiger partial charge in [-0.2, -0.15) is 0 Å². The molecule has 0 atom stereocenters. The standard InChI is InChI=1S/C22H28N2O4/c1-2-3-4-5-6-9-14-27-21(25)18-13-12-16(15-20(18)24)28-22(26)17-10-7-8-11-19(17)23/h7-8,10-13,15H,2-6,9,14,23-24H2,1H3. The lowest BCUT2D eigenvalue weighted by molar-refractivity contribution is 0.0499. The summed E-state index contributed by atoms with van der Waals surface area (Å²) in [6, 6.07) is 11.1. The van der Waals surface area contributed by atoms with E-state index in [9.17, 15) is 9.59 Å². The molecule has 0 amide bonds. The minimum absolute atomic E-state index is 0.194. The van der Waals surface area contributed by atoms with E-state index in [0.29, 0.717) is 12.3 Å². The van der Waals surface area contributed by atoms with Gasteiger partial charge >= 0.3 is 11.9 Å². The highest BCUT2D eigenvalue weighted by atomic mass is 16.5. The number of rotatable bonds is 10. The van der Waals surface area contributed by atoms with Crippen LogP contribution < -0.4 is 16.2 Å². The van der Waals surface area contributed by atoms with Crippen LogP contribution in [-0.2, 0) is 4.74 Å². The van der Waals surface area contributed by atoms with E-state index >= 15 is 0 Å². The molecule has 0 saturated carbocycles. The molecule has 6 nitrogen and oxygen atoms in total. The van der Waals surface area contributed by atoms with Crippen LogP contribution in [0.15, 0.2) is 42.5 Å². The third kappa shape index (κ3) is 6.30. The fraction of sp³-hybridized carbons (Fsp3) is 0.364. The highest BCUT2D eigenvalue weighted by Crippen LogP contribution is 2.23. The van der Waals surface area contributed by atoms with Gasteiger partial charge in [-0.15, -0.1) is 0 Å². The van der Waals surface area contributed by atoms with E-state index in [0.717, 1.165) is 19.3 Å². The molecule has 0 fully saturated rings. The van der Waals surface area contributed by atoms with Crippen LogP contribution in [0.3, 0.4) is 0 Å². The summed E-state index contributed by atoms with van der Waals surface area (Å²) in [5.41, 5.74) is 12.8. The lowest BCUT2D eigenvalue weighted by Gasteiger charge is -2.10. The van der Waals surface area contributed by atoms with E-state index < -0.39 is 11.9 Å². The Morgan fingerprint density at radius 1 is 0.821 bits per heavy atom. The van der Waals surface area contributed by atoms with Gasteiger partial charge in [-0.25, -0.2) is 9.59 Å². The number of carbonyl (C=O) groups is 2. The molecule has 0 aliphatic rings. The average molecular weight is 384 g/mol. The normalized spacial score (nSPS) is 10.5. The minimum Gasteiger partial charge on any atom is -0.462 e. The molecule has 0 aromatic heterocycles. The molecule has 2 aromatic carbocycles. The Morgan fingerprint density at radius 2 is 1.50 bits per heavy atom. The molecule has 0 aliphatic heterocycles. The first-order valence-corrected chi connectivity index (χ1v) is 9.66. The van der Waals surface area contributed by atoms with Crippen molar-refractivity contribution in [2.24, 2.45) is 0 Å². The topological polar surface area (TPSA) is 105 Å². The number of hydrogen-bond acceptors (Lipinski definition) is 6. The molecule has 0 spiro atoms. The summed E-state index contributed by atoms with van der Waals surface area (Å²) >= 11 is 0. The average Bonchev–Trinajstić information content (AvgIpc) is 2.67. The van der Waals surface area contributed by atoms with Crippen molar-refractivity contribution >= 4 is 23.3 Å². The zero-order chi connectivity index (χ0) is 20.4. The Bertz CT molecular complexity index is 805. The number of hydrogen-bond donors (Lipinski definition) is 2. The van der Waals surface area contributed by atoms with E-state index in [4.69, 9.17) is 20.9 Å². The van der Waals surface area contributed by atoms with Gasteiger partial charge in [-0.3, -0.25) is 0 Å². The van der Waals surface area contributed by atoms with Crippen molar-refractivity contribution < 1.29 is 19.1 Å². The molecule has 0 saturated heterocycles. The highest BCUT2D eigenvalue weighted by molar-refractivity contribution is 5.97. The zero-order valence-electron chi connectivity index (χ0n) is 16.3. The van der Waals surface area contributed by atoms with E-state index in [1.54, 1.807) is 24.3 Å². The van der Waals surface area contributed by atoms with Crippen LogP contribution in [-0.4, -0.2) is 18.5 Å². The van der Waals surface area contributed by atoms with Crippen LogP contribution in [0.4, 0.5) is 11.4 Å². The second kappa shape index (κ2) is 11.0. The largest absolute Gasteiger partial charge is 0.462 e. The Labute approximate surface area is 165 Å². The molecule has 0 heterocycles. The fourth-order valence-electron chi connectivity index (χ4n) is 2.76. The molecule has 0 unspecified atom stereocenters. The predicted molar refractivity (Wildman–Crippen MR) is 110 cm³/mol. The van der Waals surface area contributed by atoms with Crippen molar-refractivity contribution in [1.29, 1.82) is 0 Å². The van der Waals surface area contributed by atoms with Gasteiger partial charge in [0.05, 0.1) is 17.7 Å². The lowest BCUT2D eigenvalue weighted by Crippen LogP contribution is -2.12. The van der Waals surface area contributed by atoms with Crippen LogP contribution in [0.2, 0.25) is 0 Å². The molecule has 0 radical (unpaired) electrons. The first kappa shape index (κ1) is 21.3. The van der Waals surface area contributed by atoms with E-state index in [1.807, 2.05) is 0 Å². The molecule has 2 aromatic rings. The summed E-state index contributed by atoms with van der Waals surface area (Å²) in [7, 11) is 0. The number of benzene rings is 2. The SMILES string of the molecule is CCCCCCCCOC(=O)c1ccc(OC(=O)c2ccccc2N)cc1N. The van der Waals surface area contributed by atoms with Crippen LogP contribution in [0.5, 0.6) is 5.75 Å². The van der Waals surface area contributed by atoms with Gasteiger partial charge in [-0.05, 0) is 30.7 Å². The number of esters is 2. The van der Waals surface area contributed by atoms with Crippen LogP contribution in [0, 0.1) is 0 Å². The number of ether oxygens (including phenoxy) is 2. The second-order valence-electron chi connectivity index (χ2n) is 6.63. The Kier molecular flexibility index (Phi) is 8.34. The minimum atomic E-state index is -0.587. The highest BCUT2D eigenvalue weighted by Gasteiger charge is 2.15. The molecule has 0 bridgehead atoms. The summed E-state index contributed by atoms with van der Waals surface area (Å²) < 4.78 is 10.6. The second-order valence-corrected chi connectivity index (χ2v) is 6.63. The summed E-state index contributed by atoms with van der Waals surface area (Å²) in [6.07, 6.45) is 6.69. The van der Waals surface area contributed by atoms with Crippen molar-refractivity contribution in [1.82, 2.24) is 0 Å². The number of unbranched alkanes of at least 4 members (excludes halogenated alkanes) is 5. The molecule has 2 rings (SSSR count).